The van der Waals surface area contributed by atoms with Crippen LogP contribution in [0.2, 0.25) is 0 Å². The number of rotatable bonds is 4. The average Bonchev–Trinajstić information content (AvgIpc) is 3.24. The Morgan fingerprint density at radius 1 is 1.41 bits per heavy atom. The molecule has 2 aliphatic carbocycles. The van der Waals surface area contributed by atoms with Crippen molar-refractivity contribution in [2.75, 3.05) is 0 Å². The number of aliphatic hydroxyl groups excluding tert-OH is 1. The summed E-state index contributed by atoms with van der Waals surface area (Å²) < 4.78 is 1.70. The molecule has 4 rings (SSSR count). The lowest BCUT2D eigenvalue weighted by Crippen LogP contribution is -2.56. The number of aromatic nitrogens is 4. The van der Waals surface area contributed by atoms with Crippen molar-refractivity contribution in [2.45, 2.75) is 43.4 Å². The van der Waals surface area contributed by atoms with Gasteiger partial charge in [-0.1, -0.05) is 0 Å². The summed E-state index contributed by atoms with van der Waals surface area (Å²) in [7, 11) is 0. The van der Waals surface area contributed by atoms with Gasteiger partial charge in [-0.2, -0.15) is 5.10 Å². The van der Waals surface area contributed by atoms with Gasteiger partial charge in [0, 0.05) is 24.5 Å². The van der Waals surface area contributed by atoms with Crippen LogP contribution in [0.5, 0.6) is 0 Å². The van der Waals surface area contributed by atoms with E-state index in [-0.39, 0.29) is 18.0 Å². The lowest BCUT2D eigenvalue weighted by molar-refractivity contribution is -0.00590. The van der Waals surface area contributed by atoms with Crippen LogP contribution >= 0.6 is 0 Å². The van der Waals surface area contributed by atoms with E-state index in [1.807, 2.05) is 0 Å². The minimum Gasteiger partial charge on any atom is -0.391 e. The van der Waals surface area contributed by atoms with Gasteiger partial charge < -0.3 is 10.4 Å². The second kappa shape index (κ2) is 5.17. The van der Waals surface area contributed by atoms with Gasteiger partial charge in [0.05, 0.1) is 29.4 Å². The van der Waals surface area contributed by atoms with Crippen LogP contribution in [-0.4, -0.2) is 42.9 Å². The number of carbonyl (C=O) groups is 1. The molecule has 22 heavy (non-hydrogen) atoms. The number of nitrogens with zero attached hydrogens (tertiary/aromatic N) is 4. The Morgan fingerprint density at radius 3 is 2.95 bits per heavy atom. The molecule has 0 aliphatic heterocycles. The minimum atomic E-state index is -0.486. The van der Waals surface area contributed by atoms with Gasteiger partial charge >= 0.3 is 0 Å². The monoisotopic (exact) mass is 299 g/mol. The number of hydrogen-bond donors (Lipinski definition) is 2. The molecule has 2 N–H and O–H groups in total. The van der Waals surface area contributed by atoms with Gasteiger partial charge in [0.15, 0.2) is 0 Å². The van der Waals surface area contributed by atoms with Crippen LogP contribution in [0.1, 0.15) is 47.3 Å². The van der Waals surface area contributed by atoms with E-state index in [1.165, 1.54) is 6.33 Å². The van der Waals surface area contributed by atoms with Crippen molar-refractivity contribution in [1.29, 1.82) is 0 Å². The predicted molar refractivity (Wildman–Crippen MR) is 77.1 cm³/mol. The SMILES string of the molecule is O=C(N[C@H]1C[C@@H](O)[C@@H]1n1cccn1)c1cncnc1C1CC1. The zero-order valence-corrected chi connectivity index (χ0v) is 12.0. The highest BCUT2D eigenvalue weighted by Gasteiger charge is 2.43. The fraction of sp³-hybridized carbons (Fsp3) is 0.467. The van der Waals surface area contributed by atoms with Gasteiger partial charge in [0.2, 0.25) is 0 Å². The molecule has 114 valence electrons. The van der Waals surface area contributed by atoms with Crippen molar-refractivity contribution in [3.63, 3.8) is 0 Å². The molecule has 2 fully saturated rings. The van der Waals surface area contributed by atoms with Crippen molar-refractivity contribution in [3.8, 4) is 0 Å². The molecule has 2 aromatic heterocycles. The van der Waals surface area contributed by atoms with Gasteiger partial charge in [-0.15, -0.1) is 0 Å². The largest absolute Gasteiger partial charge is 0.391 e. The van der Waals surface area contributed by atoms with Crippen LogP contribution < -0.4 is 5.32 Å². The Labute approximate surface area is 127 Å². The molecule has 0 saturated heterocycles. The average molecular weight is 299 g/mol. The van der Waals surface area contributed by atoms with E-state index in [4.69, 9.17) is 0 Å². The first-order valence-electron chi connectivity index (χ1n) is 7.52. The molecule has 2 aromatic rings. The van der Waals surface area contributed by atoms with Gasteiger partial charge in [0.25, 0.3) is 5.91 Å². The molecule has 0 aromatic carbocycles. The molecule has 2 aliphatic rings. The van der Waals surface area contributed by atoms with E-state index in [9.17, 15) is 9.90 Å². The van der Waals surface area contributed by atoms with Crippen molar-refractivity contribution < 1.29 is 9.90 Å². The summed E-state index contributed by atoms with van der Waals surface area (Å²) in [6.07, 6.45) is 8.74. The Kier molecular flexibility index (Phi) is 3.15. The molecule has 7 nitrogen and oxygen atoms in total. The zero-order valence-electron chi connectivity index (χ0n) is 12.0. The van der Waals surface area contributed by atoms with Crippen LogP contribution in [0, 0.1) is 0 Å². The fourth-order valence-electron chi connectivity index (χ4n) is 3.02. The summed E-state index contributed by atoms with van der Waals surface area (Å²) >= 11 is 0. The van der Waals surface area contributed by atoms with E-state index >= 15 is 0 Å². The van der Waals surface area contributed by atoms with E-state index in [2.05, 4.69) is 20.4 Å². The Morgan fingerprint density at radius 2 is 2.27 bits per heavy atom. The molecule has 2 saturated carbocycles. The Balaban J connectivity index is 1.51. The second-order valence-electron chi connectivity index (χ2n) is 5.96. The Bertz CT molecular complexity index is 683. The minimum absolute atomic E-state index is 0.130. The van der Waals surface area contributed by atoms with Gasteiger partial charge in [-0.05, 0) is 25.3 Å². The maximum atomic E-state index is 12.5. The van der Waals surface area contributed by atoms with E-state index in [0.717, 1.165) is 18.5 Å². The number of amides is 1. The summed E-state index contributed by atoms with van der Waals surface area (Å²) in [6.45, 7) is 0. The maximum Gasteiger partial charge on any atom is 0.255 e. The normalized spacial score (nSPS) is 27.2. The second-order valence-corrected chi connectivity index (χ2v) is 5.96. The molecule has 3 atom stereocenters. The first-order valence-corrected chi connectivity index (χ1v) is 7.52. The third-order valence-corrected chi connectivity index (χ3v) is 4.40. The van der Waals surface area contributed by atoms with Gasteiger partial charge in [-0.3, -0.25) is 9.48 Å². The molecule has 0 unspecified atom stereocenters. The van der Waals surface area contributed by atoms with Crippen LogP contribution in [-0.2, 0) is 0 Å². The van der Waals surface area contributed by atoms with Crippen molar-refractivity contribution in [1.82, 2.24) is 25.1 Å². The van der Waals surface area contributed by atoms with E-state index in [0.29, 0.717) is 17.9 Å². The molecule has 0 radical (unpaired) electrons. The van der Waals surface area contributed by atoms with E-state index < -0.39 is 6.10 Å². The standard InChI is InChI=1S/C15H17N5O2/c21-12-6-11(14(12)20-5-1-4-18-20)19-15(22)10-7-16-8-17-13(10)9-2-3-9/h1,4-5,7-9,11-12,14,21H,2-3,6H2,(H,19,22)/t11-,12+,14+/m0/s1. The maximum absolute atomic E-state index is 12.5. The van der Waals surface area contributed by atoms with Gasteiger partial charge in [-0.25, -0.2) is 9.97 Å². The highest BCUT2D eigenvalue weighted by Crippen LogP contribution is 2.40. The first kappa shape index (κ1) is 13.4. The number of hydrogen-bond acceptors (Lipinski definition) is 5. The highest BCUT2D eigenvalue weighted by molar-refractivity contribution is 5.95. The lowest BCUT2D eigenvalue weighted by Gasteiger charge is -2.41. The van der Waals surface area contributed by atoms with E-state index in [1.54, 1.807) is 29.3 Å². The molecule has 7 heteroatoms. The smallest absolute Gasteiger partial charge is 0.255 e. The molecule has 2 heterocycles. The molecular weight excluding hydrogens is 282 g/mol. The van der Waals surface area contributed by atoms with Crippen molar-refractivity contribution >= 4 is 5.91 Å². The molecule has 0 spiro atoms. The van der Waals surface area contributed by atoms with Crippen LogP contribution in [0.4, 0.5) is 0 Å². The summed E-state index contributed by atoms with van der Waals surface area (Å²) in [6, 6.07) is 1.46. The third kappa shape index (κ3) is 2.27. The fourth-order valence-corrected chi connectivity index (χ4v) is 3.02. The third-order valence-electron chi connectivity index (χ3n) is 4.40. The first-order chi connectivity index (χ1) is 10.7. The van der Waals surface area contributed by atoms with Gasteiger partial charge in [0.1, 0.15) is 6.33 Å². The number of nitrogens with one attached hydrogen (secondary N) is 1. The number of aliphatic hydroxyl groups is 1. The topological polar surface area (TPSA) is 92.9 Å². The highest BCUT2D eigenvalue weighted by atomic mass is 16.3. The van der Waals surface area contributed by atoms with Crippen molar-refractivity contribution in [3.05, 3.63) is 42.2 Å². The quantitative estimate of drug-likeness (QED) is 0.865. The summed E-state index contributed by atoms with van der Waals surface area (Å²) in [5, 5.41) is 17.1. The number of carbonyl (C=O) groups excluding carboxylic acids is 1. The summed E-state index contributed by atoms with van der Waals surface area (Å²) in [5.74, 6) is 0.217. The zero-order chi connectivity index (χ0) is 15.1. The predicted octanol–water partition coefficient (Wildman–Crippen LogP) is 0.655. The summed E-state index contributed by atoms with van der Waals surface area (Å²) in [4.78, 5) is 20.8. The van der Waals surface area contributed by atoms with Crippen molar-refractivity contribution in [2.24, 2.45) is 0 Å². The van der Waals surface area contributed by atoms with Crippen LogP contribution in [0.25, 0.3) is 0 Å². The molecule has 0 bridgehead atoms. The molecular formula is C15H17N5O2. The summed E-state index contributed by atoms with van der Waals surface area (Å²) in [5.41, 5.74) is 1.38. The van der Waals surface area contributed by atoms with Crippen LogP contribution in [0.3, 0.4) is 0 Å². The van der Waals surface area contributed by atoms with Crippen LogP contribution in [0.15, 0.2) is 31.0 Å². The lowest BCUT2D eigenvalue weighted by atomic mass is 9.83. The Hall–Kier alpha value is -2.28. The molecule has 1 amide bonds.